The third kappa shape index (κ3) is 5.61. The van der Waals surface area contributed by atoms with E-state index in [0.29, 0.717) is 30.2 Å². The van der Waals surface area contributed by atoms with E-state index in [4.69, 9.17) is 9.47 Å². The van der Waals surface area contributed by atoms with Crippen molar-refractivity contribution in [2.75, 3.05) is 18.5 Å². The van der Waals surface area contributed by atoms with Crippen molar-refractivity contribution in [1.29, 1.82) is 0 Å². The predicted molar refractivity (Wildman–Crippen MR) is 112 cm³/mol. The lowest BCUT2D eigenvalue weighted by molar-refractivity contribution is 0.102. The molecule has 0 saturated carbocycles. The molecule has 0 radical (unpaired) electrons. The molecule has 0 aromatic heterocycles. The molecule has 3 aromatic rings. The fourth-order valence-electron chi connectivity index (χ4n) is 2.76. The van der Waals surface area contributed by atoms with Crippen LogP contribution in [-0.4, -0.2) is 19.1 Å². The Kier molecular flexibility index (Phi) is 7.08. The minimum Gasteiger partial charge on any atom is -0.494 e. The number of nitrogens with one attached hydrogen (secondary N) is 1. The summed E-state index contributed by atoms with van der Waals surface area (Å²) in [6.07, 6.45) is 1.75. The fraction of sp³-hybridized carbons (Fsp3) is 0.208. The molecule has 0 atom stereocenters. The molecular weight excluding hydrogens is 350 g/mol. The van der Waals surface area contributed by atoms with Crippen LogP contribution >= 0.6 is 0 Å². The average molecular weight is 375 g/mol. The van der Waals surface area contributed by atoms with Crippen LogP contribution in [0.1, 0.15) is 29.3 Å². The van der Waals surface area contributed by atoms with E-state index in [1.54, 1.807) is 6.07 Å². The van der Waals surface area contributed by atoms with Gasteiger partial charge in [-0.3, -0.25) is 4.79 Å². The molecule has 4 nitrogen and oxygen atoms in total. The quantitative estimate of drug-likeness (QED) is 0.548. The van der Waals surface area contributed by atoms with Crippen LogP contribution in [0, 0.1) is 0 Å². The first-order chi connectivity index (χ1) is 13.8. The molecule has 3 aromatic carbocycles. The van der Waals surface area contributed by atoms with Crippen molar-refractivity contribution in [3.63, 3.8) is 0 Å². The maximum atomic E-state index is 12.7. The molecule has 0 fully saturated rings. The van der Waals surface area contributed by atoms with E-state index in [0.717, 1.165) is 18.6 Å². The van der Waals surface area contributed by atoms with Gasteiger partial charge in [0.25, 0.3) is 5.91 Å². The molecule has 28 heavy (non-hydrogen) atoms. The fourth-order valence-corrected chi connectivity index (χ4v) is 2.76. The number of carbonyl (C=O) groups excluding carboxylic acids is 1. The molecule has 0 unspecified atom stereocenters. The predicted octanol–water partition coefficient (Wildman–Crippen LogP) is 5.35. The lowest BCUT2D eigenvalue weighted by atomic mass is 10.1. The summed E-state index contributed by atoms with van der Waals surface area (Å²) in [6.45, 7) is 3.26. The van der Waals surface area contributed by atoms with Crippen molar-refractivity contribution >= 4 is 11.6 Å². The highest BCUT2D eigenvalue weighted by Crippen LogP contribution is 2.21. The standard InChI is InChI=1S/C24H25NO3/c1-2-17-27-21-14-12-20(13-15-21)25-24(26)22-10-6-7-11-23(22)28-18-16-19-8-4-3-5-9-19/h3-15H,2,16-18H2,1H3,(H,25,26). The highest BCUT2D eigenvalue weighted by Gasteiger charge is 2.12. The Morgan fingerprint density at radius 1 is 0.821 bits per heavy atom. The van der Waals surface area contributed by atoms with E-state index in [2.05, 4.69) is 24.4 Å². The maximum Gasteiger partial charge on any atom is 0.259 e. The van der Waals surface area contributed by atoms with Crippen molar-refractivity contribution in [1.82, 2.24) is 0 Å². The Morgan fingerprint density at radius 3 is 2.29 bits per heavy atom. The van der Waals surface area contributed by atoms with Crippen LogP contribution in [0.2, 0.25) is 0 Å². The monoisotopic (exact) mass is 375 g/mol. The Morgan fingerprint density at radius 2 is 1.54 bits per heavy atom. The maximum absolute atomic E-state index is 12.7. The van der Waals surface area contributed by atoms with Crippen molar-refractivity contribution in [3.05, 3.63) is 90.0 Å². The van der Waals surface area contributed by atoms with Crippen molar-refractivity contribution in [2.45, 2.75) is 19.8 Å². The molecule has 1 amide bonds. The number of para-hydroxylation sites is 1. The number of ether oxygens (including phenoxy) is 2. The topological polar surface area (TPSA) is 47.6 Å². The molecule has 0 aliphatic rings. The molecule has 0 saturated heterocycles. The second kappa shape index (κ2) is 10.2. The first-order valence-electron chi connectivity index (χ1n) is 9.56. The Bertz CT molecular complexity index is 876. The first kappa shape index (κ1) is 19.5. The number of hydrogen-bond donors (Lipinski definition) is 1. The van der Waals surface area contributed by atoms with Crippen LogP contribution in [0.5, 0.6) is 11.5 Å². The zero-order valence-electron chi connectivity index (χ0n) is 16.1. The lowest BCUT2D eigenvalue weighted by Crippen LogP contribution is -2.14. The molecule has 3 rings (SSSR count). The molecule has 0 heterocycles. The normalized spacial score (nSPS) is 10.3. The number of amides is 1. The summed E-state index contributed by atoms with van der Waals surface area (Å²) in [5.41, 5.74) is 2.43. The summed E-state index contributed by atoms with van der Waals surface area (Å²) in [5, 5.41) is 2.92. The van der Waals surface area contributed by atoms with Gasteiger partial charge in [-0.15, -0.1) is 0 Å². The van der Waals surface area contributed by atoms with E-state index < -0.39 is 0 Å². The molecule has 0 aliphatic heterocycles. The minimum absolute atomic E-state index is 0.197. The van der Waals surface area contributed by atoms with E-state index >= 15 is 0 Å². The van der Waals surface area contributed by atoms with E-state index in [-0.39, 0.29) is 5.91 Å². The molecule has 1 N–H and O–H groups in total. The SMILES string of the molecule is CCCOc1ccc(NC(=O)c2ccccc2OCCc2ccccc2)cc1. The second-order valence-corrected chi connectivity index (χ2v) is 6.41. The van der Waals surface area contributed by atoms with Crippen LogP contribution in [0.3, 0.4) is 0 Å². The van der Waals surface area contributed by atoms with Gasteiger partial charge < -0.3 is 14.8 Å². The van der Waals surface area contributed by atoms with Gasteiger partial charge in [0.15, 0.2) is 0 Å². The van der Waals surface area contributed by atoms with Crippen molar-refractivity contribution in [3.8, 4) is 11.5 Å². The Labute approximate surface area is 166 Å². The lowest BCUT2D eigenvalue weighted by Gasteiger charge is -2.12. The van der Waals surface area contributed by atoms with Crippen LogP contribution in [-0.2, 0) is 6.42 Å². The van der Waals surface area contributed by atoms with Gasteiger partial charge in [0.2, 0.25) is 0 Å². The minimum atomic E-state index is -0.197. The number of anilines is 1. The third-order valence-electron chi connectivity index (χ3n) is 4.21. The van der Waals surface area contributed by atoms with Crippen molar-refractivity contribution < 1.29 is 14.3 Å². The van der Waals surface area contributed by atoms with Crippen LogP contribution < -0.4 is 14.8 Å². The highest BCUT2D eigenvalue weighted by atomic mass is 16.5. The zero-order chi connectivity index (χ0) is 19.6. The zero-order valence-corrected chi connectivity index (χ0v) is 16.1. The van der Waals surface area contributed by atoms with Gasteiger partial charge in [-0.2, -0.15) is 0 Å². The van der Waals surface area contributed by atoms with Gasteiger partial charge in [0.05, 0.1) is 18.8 Å². The Hall–Kier alpha value is -3.27. The van der Waals surface area contributed by atoms with Gasteiger partial charge in [-0.05, 0) is 48.4 Å². The largest absolute Gasteiger partial charge is 0.494 e. The van der Waals surface area contributed by atoms with E-state index in [1.807, 2.05) is 60.7 Å². The summed E-state index contributed by atoms with van der Waals surface area (Å²) in [6, 6.07) is 24.8. The van der Waals surface area contributed by atoms with Gasteiger partial charge in [-0.1, -0.05) is 49.4 Å². The molecule has 144 valence electrons. The van der Waals surface area contributed by atoms with Gasteiger partial charge in [-0.25, -0.2) is 0 Å². The highest BCUT2D eigenvalue weighted by molar-refractivity contribution is 6.06. The number of benzene rings is 3. The number of rotatable bonds is 9. The van der Waals surface area contributed by atoms with Crippen LogP contribution in [0.25, 0.3) is 0 Å². The summed E-state index contributed by atoms with van der Waals surface area (Å²) >= 11 is 0. The van der Waals surface area contributed by atoms with Crippen molar-refractivity contribution in [2.24, 2.45) is 0 Å². The number of carbonyl (C=O) groups is 1. The molecule has 0 aliphatic carbocycles. The molecule has 0 spiro atoms. The second-order valence-electron chi connectivity index (χ2n) is 6.41. The van der Waals surface area contributed by atoms with Gasteiger partial charge in [0, 0.05) is 12.1 Å². The molecular formula is C24H25NO3. The summed E-state index contributed by atoms with van der Waals surface area (Å²) < 4.78 is 11.4. The molecule has 4 heteroatoms. The van der Waals surface area contributed by atoms with E-state index in [1.165, 1.54) is 5.56 Å². The van der Waals surface area contributed by atoms with E-state index in [9.17, 15) is 4.79 Å². The van der Waals surface area contributed by atoms with Crippen LogP contribution in [0.4, 0.5) is 5.69 Å². The van der Waals surface area contributed by atoms with Gasteiger partial charge in [0.1, 0.15) is 11.5 Å². The number of hydrogen-bond acceptors (Lipinski definition) is 3. The smallest absolute Gasteiger partial charge is 0.259 e. The van der Waals surface area contributed by atoms with Crippen LogP contribution in [0.15, 0.2) is 78.9 Å². The Balaban J connectivity index is 1.60. The third-order valence-corrected chi connectivity index (χ3v) is 4.21. The summed E-state index contributed by atoms with van der Waals surface area (Å²) in [7, 11) is 0. The summed E-state index contributed by atoms with van der Waals surface area (Å²) in [5.74, 6) is 1.18. The van der Waals surface area contributed by atoms with Gasteiger partial charge >= 0.3 is 0 Å². The average Bonchev–Trinajstić information content (AvgIpc) is 2.74. The summed E-state index contributed by atoms with van der Waals surface area (Å²) in [4.78, 5) is 12.7. The molecule has 0 bridgehead atoms. The first-order valence-corrected chi connectivity index (χ1v) is 9.56.